The summed E-state index contributed by atoms with van der Waals surface area (Å²) >= 11 is 1.54. The van der Waals surface area contributed by atoms with Crippen LogP contribution < -0.4 is 4.74 Å². The molecule has 1 N–H and O–H groups in total. The van der Waals surface area contributed by atoms with Crippen molar-refractivity contribution >= 4 is 28.6 Å². The van der Waals surface area contributed by atoms with Gasteiger partial charge in [0.05, 0.1) is 22.5 Å². The van der Waals surface area contributed by atoms with Gasteiger partial charge in [0, 0.05) is 16.0 Å². The van der Waals surface area contributed by atoms with E-state index in [-0.39, 0.29) is 0 Å². The van der Waals surface area contributed by atoms with Crippen molar-refractivity contribution < 1.29 is 27.8 Å². The number of carboxylic acids is 1. The van der Waals surface area contributed by atoms with Gasteiger partial charge in [-0.3, -0.25) is 0 Å². The minimum absolute atomic E-state index is 0.453. The highest BCUT2D eigenvalue weighted by atomic mass is 32.2. The molecule has 1 aromatic heterocycles. The molecule has 0 amide bonds. The number of nitrogens with zero attached hydrogens (tertiary/aromatic N) is 2. The molecule has 0 bridgehead atoms. The number of carboxylic acid groups (broad SMARTS) is 1. The van der Waals surface area contributed by atoms with Crippen LogP contribution in [-0.2, 0) is 16.7 Å². The second-order valence-corrected chi connectivity index (χ2v) is 9.15. The van der Waals surface area contributed by atoms with E-state index in [1.807, 2.05) is 36.4 Å². The van der Waals surface area contributed by atoms with E-state index in [9.17, 15) is 23.1 Å². The topological polar surface area (TPSA) is 64.4 Å². The SMILES string of the molecule is CC(C)(Oc1ccc(SCc2nn(-c3ccc(C(F)(F)F)cc3)c3ccccc23)cc1)C(=O)O. The van der Waals surface area contributed by atoms with Gasteiger partial charge in [0.2, 0.25) is 0 Å². The van der Waals surface area contributed by atoms with E-state index < -0.39 is 23.3 Å². The average Bonchev–Trinajstić information content (AvgIpc) is 3.16. The summed E-state index contributed by atoms with van der Waals surface area (Å²) in [5.41, 5.74) is 0.106. The molecule has 0 saturated heterocycles. The van der Waals surface area contributed by atoms with Crippen LogP contribution in [0.3, 0.4) is 0 Å². The van der Waals surface area contributed by atoms with Crippen molar-refractivity contribution in [1.29, 1.82) is 0 Å². The molecule has 0 unspecified atom stereocenters. The van der Waals surface area contributed by atoms with E-state index in [0.717, 1.165) is 33.6 Å². The number of ether oxygens (including phenoxy) is 1. The Hall–Kier alpha value is -3.46. The summed E-state index contributed by atoms with van der Waals surface area (Å²) in [6.07, 6.45) is -4.39. The lowest BCUT2D eigenvalue weighted by atomic mass is 10.1. The van der Waals surface area contributed by atoms with E-state index in [1.165, 1.54) is 37.7 Å². The van der Waals surface area contributed by atoms with Gasteiger partial charge in [-0.1, -0.05) is 18.2 Å². The van der Waals surface area contributed by atoms with E-state index in [2.05, 4.69) is 5.10 Å². The van der Waals surface area contributed by atoms with Crippen LogP contribution in [0, 0.1) is 0 Å². The van der Waals surface area contributed by atoms with Gasteiger partial charge >= 0.3 is 12.1 Å². The summed E-state index contributed by atoms with van der Waals surface area (Å²) in [7, 11) is 0. The Labute approximate surface area is 198 Å². The van der Waals surface area contributed by atoms with E-state index in [1.54, 1.807) is 16.8 Å². The number of thioether (sulfide) groups is 1. The first kappa shape index (κ1) is 23.7. The normalized spacial score (nSPS) is 12.1. The van der Waals surface area contributed by atoms with Crippen LogP contribution in [0.15, 0.2) is 77.7 Å². The molecular formula is C25H21F3N2O3S. The lowest BCUT2D eigenvalue weighted by Gasteiger charge is -2.21. The minimum atomic E-state index is -4.39. The fraction of sp³-hybridized carbons (Fsp3) is 0.200. The average molecular weight is 487 g/mol. The third-order valence-electron chi connectivity index (χ3n) is 5.19. The number of halogens is 3. The number of carbonyl (C=O) groups is 1. The predicted octanol–water partition coefficient (Wildman–Crippen LogP) is 6.58. The van der Waals surface area contributed by atoms with Crippen molar-refractivity contribution in [2.75, 3.05) is 0 Å². The zero-order chi connectivity index (χ0) is 24.5. The Morgan fingerprint density at radius 2 is 1.65 bits per heavy atom. The van der Waals surface area contributed by atoms with E-state index in [0.29, 0.717) is 17.2 Å². The first-order chi connectivity index (χ1) is 16.0. The fourth-order valence-corrected chi connectivity index (χ4v) is 4.16. The highest BCUT2D eigenvalue weighted by molar-refractivity contribution is 7.98. The largest absolute Gasteiger partial charge is 0.478 e. The summed E-state index contributed by atoms with van der Waals surface area (Å²) in [6.45, 7) is 2.96. The number of hydrogen-bond donors (Lipinski definition) is 1. The van der Waals surface area contributed by atoms with Crippen molar-refractivity contribution in [1.82, 2.24) is 9.78 Å². The summed E-state index contributed by atoms with van der Waals surface area (Å²) in [4.78, 5) is 12.2. The molecular weight excluding hydrogens is 465 g/mol. The molecule has 0 aliphatic rings. The standard InChI is InChI=1S/C25H21F3N2O3S/c1-24(2,23(31)32)33-18-11-13-19(14-12-18)34-15-21-20-5-3-4-6-22(20)30(29-21)17-9-7-16(8-10-17)25(26,27)28/h3-14H,15H2,1-2H3,(H,31,32). The zero-order valence-corrected chi connectivity index (χ0v) is 19.2. The fourth-order valence-electron chi connectivity index (χ4n) is 3.32. The number of hydrogen-bond acceptors (Lipinski definition) is 4. The summed E-state index contributed by atoms with van der Waals surface area (Å²) in [5.74, 6) is -0.0649. The van der Waals surface area contributed by atoms with Crippen molar-refractivity contribution in [2.24, 2.45) is 0 Å². The molecule has 34 heavy (non-hydrogen) atoms. The molecule has 0 aliphatic carbocycles. The Balaban J connectivity index is 1.54. The van der Waals surface area contributed by atoms with Gasteiger partial charge in [0.1, 0.15) is 5.75 Å². The number of aromatic nitrogens is 2. The van der Waals surface area contributed by atoms with Gasteiger partial charge in [0.25, 0.3) is 0 Å². The zero-order valence-electron chi connectivity index (χ0n) is 18.3. The number of para-hydroxylation sites is 1. The predicted molar refractivity (Wildman–Crippen MR) is 124 cm³/mol. The smallest absolute Gasteiger partial charge is 0.416 e. The minimum Gasteiger partial charge on any atom is -0.478 e. The number of benzene rings is 3. The molecule has 0 aliphatic heterocycles. The van der Waals surface area contributed by atoms with Gasteiger partial charge in [-0.15, -0.1) is 11.8 Å². The van der Waals surface area contributed by atoms with Crippen LogP contribution in [0.2, 0.25) is 0 Å². The second-order valence-electron chi connectivity index (χ2n) is 8.10. The third kappa shape index (κ3) is 5.04. The third-order valence-corrected chi connectivity index (χ3v) is 6.21. The Bertz CT molecular complexity index is 1310. The van der Waals surface area contributed by atoms with E-state index in [4.69, 9.17) is 4.74 Å². The molecule has 3 aromatic carbocycles. The van der Waals surface area contributed by atoms with Crippen molar-refractivity contribution in [3.05, 3.63) is 84.1 Å². The number of fused-ring (bicyclic) bond motifs is 1. The van der Waals surface area contributed by atoms with Gasteiger partial charge < -0.3 is 9.84 Å². The van der Waals surface area contributed by atoms with E-state index >= 15 is 0 Å². The molecule has 4 rings (SSSR count). The van der Waals surface area contributed by atoms with Crippen molar-refractivity contribution in [3.63, 3.8) is 0 Å². The van der Waals surface area contributed by atoms with Gasteiger partial charge in [-0.05, 0) is 68.4 Å². The van der Waals surface area contributed by atoms with Gasteiger partial charge in [-0.2, -0.15) is 18.3 Å². The summed E-state index contributed by atoms with van der Waals surface area (Å²) < 4.78 is 45.9. The lowest BCUT2D eigenvalue weighted by molar-refractivity contribution is -0.152. The molecule has 0 saturated carbocycles. The molecule has 0 atom stereocenters. The molecule has 0 radical (unpaired) electrons. The van der Waals surface area contributed by atoms with Gasteiger partial charge in [0.15, 0.2) is 5.60 Å². The molecule has 5 nitrogen and oxygen atoms in total. The molecule has 176 valence electrons. The Kier molecular flexibility index (Phi) is 6.31. The Morgan fingerprint density at radius 1 is 1.00 bits per heavy atom. The molecule has 0 spiro atoms. The molecule has 9 heteroatoms. The summed E-state index contributed by atoms with van der Waals surface area (Å²) in [5, 5.41) is 14.8. The lowest BCUT2D eigenvalue weighted by Crippen LogP contribution is -2.37. The monoisotopic (exact) mass is 486 g/mol. The highest BCUT2D eigenvalue weighted by Crippen LogP contribution is 2.32. The first-order valence-electron chi connectivity index (χ1n) is 10.3. The number of aliphatic carboxylic acids is 1. The number of rotatable bonds is 7. The quantitative estimate of drug-likeness (QED) is 0.299. The van der Waals surface area contributed by atoms with Crippen molar-refractivity contribution in [3.8, 4) is 11.4 Å². The first-order valence-corrected chi connectivity index (χ1v) is 11.3. The van der Waals surface area contributed by atoms with Crippen LogP contribution in [0.25, 0.3) is 16.6 Å². The van der Waals surface area contributed by atoms with Crippen LogP contribution in [-0.4, -0.2) is 26.5 Å². The van der Waals surface area contributed by atoms with Crippen LogP contribution >= 0.6 is 11.8 Å². The molecule has 4 aromatic rings. The van der Waals surface area contributed by atoms with Crippen LogP contribution in [0.4, 0.5) is 13.2 Å². The van der Waals surface area contributed by atoms with Crippen LogP contribution in [0.1, 0.15) is 25.1 Å². The van der Waals surface area contributed by atoms with Gasteiger partial charge in [-0.25, -0.2) is 9.48 Å². The van der Waals surface area contributed by atoms with Crippen LogP contribution in [0.5, 0.6) is 5.75 Å². The maximum Gasteiger partial charge on any atom is 0.416 e. The second kappa shape index (κ2) is 9.06. The Morgan fingerprint density at radius 3 is 2.26 bits per heavy atom. The maximum absolute atomic E-state index is 12.9. The summed E-state index contributed by atoms with van der Waals surface area (Å²) in [6, 6.07) is 19.6. The highest BCUT2D eigenvalue weighted by Gasteiger charge is 2.30. The molecule has 0 fully saturated rings. The number of alkyl halides is 3. The maximum atomic E-state index is 12.9. The van der Waals surface area contributed by atoms with Crippen molar-refractivity contribution in [2.45, 2.75) is 36.3 Å². The molecule has 1 heterocycles.